The molecule has 2 aliphatic rings. The van der Waals surface area contributed by atoms with Crippen LogP contribution >= 0.6 is 11.8 Å². The lowest BCUT2D eigenvalue weighted by Crippen LogP contribution is -2.44. The highest BCUT2D eigenvalue weighted by molar-refractivity contribution is 8.18. The highest BCUT2D eigenvalue weighted by Gasteiger charge is 2.37. The van der Waals surface area contributed by atoms with E-state index < -0.39 is 17.1 Å². The van der Waals surface area contributed by atoms with Crippen molar-refractivity contribution >= 4 is 40.9 Å². The van der Waals surface area contributed by atoms with Crippen molar-refractivity contribution in [3.63, 3.8) is 0 Å². The number of carbonyl (C=O) groups excluding carboxylic acids is 3. The standard InChI is InChI=1S/C27H22N2O6S/c1-16-6-7-18(26(32)33)12-21(16)22-9-8-20(35-22)13-23-25(31)29(27(34)36-23)15-24(30)28-11-10-17-4-2-3-5-19(17)14-28/h2-9,12-13H,10-11,14-15H2,1H3,(H,32,33)/b23-13-. The SMILES string of the molecule is Cc1ccc(C(=O)O)cc1-c1ccc(/C=C2\SC(=O)N(CC(=O)N3CCc4ccccc4C3)C2=O)o1. The van der Waals surface area contributed by atoms with Crippen LogP contribution in [0.5, 0.6) is 0 Å². The summed E-state index contributed by atoms with van der Waals surface area (Å²) in [6.45, 7) is 2.53. The molecule has 182 valence electrons. The normalized spacial score (nSPS) is 16.5. The molecule has 3 heterocycles. The van der Waals surface area contributed by atoms with Gasteiger partial charge in [-0.2, -0.15) is 0 Å². The van der Waals surface area contributed by atoms with E-state index in [1.54, 1.807) is 23.1 Å². The summed E-state index contributed by atoms with van der Waals surface area (Å²) in [6.07, 6.45) is 2.20. The molecule has 3 amide bonds. The third-order valence-electron chi connectivity index (χ3n) is 6.30. The van der Waals surface area contributed by atoms with Crippen molar-refractivity contribution in [2.75, 3.05) is 13.1 Å². The number of carboxylic acids is 1. The fourth-order valence-electron chi connectivity index (χ4n) is 4.31. The number of rotatable bonds is 5. The average molecular weight is 503 g/mol. The van der Waals surface area contributed by atoms with E-state index in [0.717, 1.165) is 34.2 Å². The van der Waals surface area contributed by atoms with Gasteiger partial charge in [-0.05, 0) is 66.1 Å². The van der Waals surface area contributed by atoms with E-state index in [9.17, 15) is 24.3 Å². The van der Waals surface area contributed by atoms with Crippen LogP contribution in [0.3, 0.4) is 0 Å². The molecule has 9 heteroatoms. The lowest BCUT2D eigenvalue weighted by atomic mass is 10.00. The van der Waals surface area contributed by atoms with Gasteiger partial charge in [0.1, 0.15) is 18.1 Å². The molecular formula is C27H22N2O6S. The van der Waals surface area contributed by atoms with Crippen molar-refractivity contribution in [1.82, 2.24) is 9.80 Å². The van der Waals surface area contributed by atoms with E-state index in [1.165, 1.54) is 23.8 Å². The molecular weight excluding hydrogens is 480 g/mol. The number of aryl methyl sites for hydroxylation is 1. The van der Waals surface area contributed by atoms with Crippen molar-refractivity contribution in [2.24, 2.45) is 0 Å². The molecule has 3 aromatic rings. The second-order valence-corrected chi connectivity index (χ2v) is 9.63. The first-order chi connectivity index (χ1) is 17.3. The number of amides is 3. The van der Waals surface area contributed by atoms with Gasteiger partial charge in [0.15, 0.2) is 0 Å². The molecule has 0 saturated carbocycles. The minimum absolute atomic E-state index is 0.136. The summed E-state index contributed by atoms with van der Waals surface area (Å²) >= 11 is 0.759. The molecule has 2 aliphatic heterocycles. The van der Waals surface area contributed by atoms with Gasteiger partial charge in [-0.3, -0.25) is 19.3 Å². The Morgan fingerprint density at radius 3 is 2.64 bits per heavy atom. The van der Waals surface area contributed by atoms with Gasteiger partial charge in [-0.25, -0.2) is 4.79 Å². The summed E-state index contributed by atoms with van der Waals surface area (Å²) in [4.78, 5) is 52.5. The molecule has 1 N–H and O–H groups in total. The molecule has 0 atom stereocenters. The van der Waals surface area contributed by atoms with Gasteiger partial charge in [-0.15, -0.1) is 0 Å². The minimum Gasteiger partial charge on any atom is -0.478 e. The van der Waals surface area contributed by atoms with Crippen molar-refractivity contribution in [2.45, 2.75) is 19.9 Å². The van der Waals surface area contributed by atoms with Crippen molar-refractivity contribution in [3.05, 3.63) is 87.5 Å². The van der Waals surface area contributed by atoms with Crippen LogP contribution in [0.2, 0.25) is 0 Å². The third-order valence-corrected chi connectivity index (χ3v) is 7.21. The zero-order valence-electron chi connectivity index (χ0n) is 19.4. The molecule has 2 aromatic carbocycles. The van der Waals surface area contributed by atoms with Crippen LogP contribution in [0.1, 0.15) is 32.8 Å². The van der Waals surface area contributed by atoms with Gasteiger partial charge in [0, 0.05) is 24.7 Å². The number of thioether (sulfide) groups is 1. The predicted octanol–water partition coefficient (Wildman–Crippen LogP) is 4.57. The molecule has 0 radical (unpaired) electrons. The summed E-state index contributed by atoms with van der Waals surface area (Å²) in [7, 11) is 0. The lowest BCUT2D eigenvalue weighted by molar-refractivity contribution is -0.136. The van der Waals surface area contributed by atoms with Crippen LogP contribution in [0.4, 0.5) is 4.79 Å². The number of imide groups is 1. The van der Waals surface area contributed by atoms with Gasteiger partial charge >= 0.3 is 5.97 Å². The first kappa shape index (κ1) is 23.6. The van der Waals surface area contributed by atoms with Crippen molar-refractivity contribution in [1.29, 1.82) is 0 Å². The van der Waals surface area contributed by atoms with Crippen LogP contribution in [-0.4, -0.2) is 51.0 Å². The first-order valence-electron chi connectivity index (χ1n) is 11.3. The Balaban J connectivity index is 1.29. The quantitative estimate of drug-likeness (QED) is 0.509. The van der Waals surface area contributed by atoms with Gasteiger partial charge in [0.25, 0.3) is 11.1 Å². The maximum atomic E-state index is 12.9. The van der Waals surface area contributed by atoms with E-state index in [1.807, 2.05) is 31.2 Å². The number of nitrogens with zero attached hydrogens (tertiary/aromatic N) is 2. The van der Waals surface area contributed by atoms with Crippen LogP contribution < -0.4 is 0 Å². The minimum atomic E-state index is -1.04. The Hall–Kier alpha value is -4.11. The molecule has 0 unspecified atom stereocenters. The Morgan fingerprint density at radius 2 is 1.86 bits per heavy atom. The lowest BCUT2D eigenvalue weighted by Gasteiger charge is -2.29. The number of fused-ring (bicyclic) bond motifs is 1. The molecule has 0 aliphatic carbocycles. The molecule has 0 spiro atoms. The number of benzene rings is 2. The summed E-state index contributed by atoms with van der Waals surface area (Å²) in [5, 5.41) is 8.76. The highest BCUT2D eigenvalue weighted by atomic mass is 32.2. The summed E-state index contributed by atoms with van der Waals surface area (Å²) < 4.78 is 5.84. The molecule has 1 aromatic heterocycles. The Bertz CT molecular complexity index is 1440. The molecule has 1 saturated heterocycles. The zero-order valence-corrected chi connectivity index (χ0v) is 20.2. The van der Waals surface area contributed by atoms with Gasteiger partial charge in [0.05, 0.1) is 10.5 Å². The summed E-state index contributed by atoms with van der Waals surface area (Å²) in [5.41, 5.74) is 3.87. The molecule has 1 fully saturated rings. The first-order valence-corrected chi connectivity index (χ1v) is 12.2. The maximum Gasteiger partial charge on any atom is 0.335 e. The average Bonchev–Trinajstić information content (AvgIpc) is 3.43. The Labute approximate surface area is 211 Å². The molecule has 36 heavy (non-hydrogen) atoms. The second-order valence-electron chi connectivity index (χ2n) is 8.64. The number of hydrogen-bond donors (Lipinski definition) is 1. The van der Waals surface area contributed by atoms with Crippen LogP contribution in [0.25, 0.3) is 17.4 Å². The predicted molar refractivity (Wildman–Crippen MR) is 134 cm³/mol. The topological polar surface area (TPSA) is 108 Å². The van der Waals surface area contributed by atoms with E-state index in [2.05, 4.69) is 0 Å². The van der Waals surface area contributed by atoms with Gasteiger partial charge in [-0.1, -0.05) is 30.3 Å². The number of carbonyl (C=O) groups is 4. The molecule has 8 nitrogen and oxygen atoms in total. The maximum absolute atomic E-state index is 12.9. The van der Waals surface area contributed by atoms with E-state index in [-0.39, 0.29) is 22.9 Å². The fourth-order valence-corrected chi connectivity index (χ4v) is 5.12. The van der Waals surface area contributed by atoms with E-state index in [0.29, 0.717) is 30.2 Å². The fraction of sp³-hybridized carbons (Fsp3) is 0.185. The van der Waals surface area contributed by atoms with Gasteiger partial charge in [0.2, 0.25) is 5.91 Å². The van der Waals surface area contributed by atoms with Crippen LogP contribution in [0.15, 0.2) is 63.9 Å². The molecule has 0 bridgehead atoms. The van der Waals surface area contributed by atoms with Crippen molar-refractivity contribution < 1.29 is 28.7 Å². The second kappa shape index (κ2) is 9.50. The van der Waals surface area contributed by atoms with Crippen LogP contribution in [-0.2, 0) is 22.6 Å². The smallest absolute Gasteiger partial charge is 0.335 e. The van der Waals surface area contributed by atoms with Crippen LogP contribution in [0, 0.1) is 6.92 Å². The third kappa shape index (κ3) is 4.57. The van der Waals surface area contributed by atoms with Crippen molar-refractivity contribution in [3.8, 4) is 11.3 Å². The number of aromatic carboxylic acids is 1. The largest absolute Gasteiger partial charge is 0.478 e. The van der Waals surface area contributed by atoms with E-state index >= 15 is 0 Å². The monoisotopic (exact) mass is 502 g/mol. The number of furan rings is 1. The van der Waals surface area contributed by atoms with E-state index in [4.69, 9.17) is 4.42 Å². The Morgan fingerprint density at radius 1 is 1.08 bits per heavy atom. The zero-order chi connectivity index (χ0) is 25.4. The number of carboxylic acid groups (broad SMARTS) is 1. The highest BCUT2D eigenvalue weighted by Crippen LogP contribution is 2.34. The summed E-state index contributed by atoms with van der Waals surface area (Å²) in [6, 6.07) is 16.0. The molecule has 5 rings (SSSR count). The summed E-state index contributed by atoms with van der Waals surface area (Å²) in [5.74, 6) is -1.07. The van der Waals surface area contributed by atoms with Gasteiger partial charge < -0.3 is 14.4 Å². The Kier molecular flexibility index (Phi) is 6.24. The number of hydrogen-bond acceptors (Lipinski definition) is 6.